The van der Waals surface area contributed by atoms with Gasteiger partial charge in [0.25, 0.3) is 5.91 Å². The molecule has 0 spiro atoms. The van der Waals surface area contributed by atoms with Gasteiger partial charge >= 0.3 is 0 Å². The van der Waals surface area contributed by atoms with Crippen molar-refractivity contribution in [3.63, 3.8) is 0 Å². The lowest BCUT2D eigenvalue weighted by molar-refractivity contribution is 0.0944. The van der Waals surface area contributed by atoms with Crippen LogP contribution in [0.25, 0.3) is 0 Å². The zero-order chi connectivity index (χ0) is 11.4. The Morgan fingerprint density at radius 1 is 1.56 bits per heavy atom. The number of anilines is 1. The molecule has 1 amide bonds. The van der Waals surface area contributed by atoms with Gasteiger partial charge in [-0.05, 0) is 24.5 Å². The highest BCUT2D eigenvalue weighted by molar-refractivity contribution is 5.92. The van der Waals surface area contributed by atoms with Crippen molar-refractivity contribution in [3.05, 3.63) is 24.0 Å². The smallest absolute Gasteiger partial charge is 0.269 e. The number of hydrogen-bond donors (Lipinski definition) is 2. The van der Waals surface area contributed by atoms with Crippen molar-refractivity contribution in [1.82, 2.24) is 10.3 Å². The van der Waals surface area contributed by atoms with Gasteiger partial charge < -0.3 is 11.1 Å². The number of nitrogen functional groups attached to an aromatic ring is 1. The fourth-order valence-corrected chi connectivity index (χ4v) is 1.83. The van der Waals surface area contributed by atoms with Crippen molar-refractivity contribution in [2.24, 2.45) is 5.92 Å². The molecule has 1 aliphatic rings. The zero-order valence-corrected chi connectivity index (χ0v) is 9.28. The van der Waals surface area contributed by atoms with Crippen molar-refractivity contribution in [3.8, 4) is 0 Å². The first-order valence-electron chi connectivity index (χ1n) is 5.75. The summed E-state index contributed by atoms with van der Waals surface area (Å²) in [6, 6.07) is 3.27. The van der Waals surface area contributed by atoms with E-state index in [1.54, 1.807) is 18.3 Å². The Morgan fingerprint density at radius 2 is 2.38 bits per heavy atom. The first-order chi connectivity index (χ1) is 7.75. The Hall–Kier alpha value is -1.58. The molecule has 0 aliphatic heterocycles. The number of hydrogen-bond acceptors (Lipinski definition) is 3. The summed E-state index contributed by atoms with van der Waals surface area (Å²) in [5.74, 6) is 0.681. The number of carbonyl (C=O) groups is 1. The Kier molecular flexibility index (Phi) is 3.39. The standard InChI is InChI=1S/C12H17N3O/c13-10-5-7-14-11(8-10)12(16)15-6-4-9-2-1-3-9/h5,7-9H,1-4,6H2,(H2,13,14)(H,15,16). The van der Waals surface area contributed by atoms with Crippen molar-refractivity contribution >= 4 is 11.6 Å². The molecule has 4 nitrogen and oxygen atoms in total. The lowest BCUT2D eigenvalue weighted by atomic mass is 9.83. The molecular weight excluding hydrogens is 202 g/mol. The topological polar surface area (TPSA) is 68.0 Å². The van der Waals surface area contributed by atoms with Gasteiger partial charge in [-0.3, -0.25) is 9.78 Å². The molecule has 16 heavy (non-hydrogen) atoms. The maximum Gasteiger partial charge on any atom is 0.269 e. The second-order valence-corrected chi connectivity index (χ2v) is 4.32. The molecule has 0 bridgehead atoms. The average molecular weight is 219 g/mol. The van der Waals surface area contributed by atoms with Crippen LogP contribution >= 0.6 is 0 Å². The number of aromatic nitrogens is 1. The second kappa shape index (κ2) is 4.96. The van der Waals surface area contributed by atoms with Crippen LogP contribution in [0.2, 0.25) is 0 Å². The summed E-state index contributed by atoms with van der Waals surface area (Å²) in [4.78, 5) is 15.6. The second-order valence-electron chi connectivity index (χ2n) is 4.32. The number of carbonyl (C=O) groups excluding carboxylic acids is 1. The molecule has 0 saturated heterocycles. The molecule has 2 rings (SSSR count). The SMILES string of the molecule is Nc1ccnc(C(=O)NCCC2CCC2)c1. The quantitative estimate of drug-likeness (QED) is 0.808. The number of nitrogens with zero attached hydrogens (tertiary/aromatic N) is 1. The molecule has 1 fully saturated rings. The van der Waals surface area contributed by atoms with E-state index in [0.717, 1.165) is 18.9 Å². The number of amides is 1. The van der Waals surface area contributed by atoms with E-state index in [2.05, 4.69) is 10.3 Å². The Balaban J connectivity index is 1.78. The van der Waals surface area contributed by atoms with Crippen molar-refractivity contribution in [2.45, 2.75) is 25.7 Å². The third-order valence-electron chi connectivity index (χ3n) is 3.08. The monoisotopic (exact) mass is 219 g/mol. The Labute approximate surface area is 95.3 Å². The van der Waals surface area contributed by atoms with Gasteiger partial charge in [-0.15, -0.1) is 0 Å². The van der Waals surface area contributed by atoms with E-state index in [-0.39, 0.29) is 5.91 Å². The van der Waals surface area contributed by atoms with Crippen molar-refractivity contribution in [2.75, 3.05) is 12.3 Å². The van der Waals surface area contributed by atoms with E-state index >= 15 is 0 Å². The van der Waals surface area contributed by atoms with Crippen LogP contribution in [-0.2, 0) is 0 Å². The molecule has 0 aromatic carbocycles. The van der Waals surface area contributed by atoms with Gasteiger partial charge in [-0.25, -0.2) is 0 Å². The van der Waals surface area contributed by atoms with Crippen LogP contribution < -0.4 is 11.1 Å². The van der Waals surface area contributed by atoms with Crippen LogP contribution in [0.4, 0.5) is 5.69 Å². The van der Waals surface area contributed by atoms with Crippen molar-refractivity contribution in [1.29, 1.82) is 0 Å². The molecule has 3 N–H and O–H groups in total. The fourth-order valence-electron chi connectivity index (χ4n) is 1.83. The van der Waals surface area contributed by atoms with E-state index in [1.807, 2.05) is 0 Å². The summed E-state index contributed by atoms with van der Waals surface area (Å²) < 4.78 is 0. The minimum absolute atomic E-state index is 0.133. The third kappa shape index (κ3) is 2.72. The van der Waals surface area contributed by atoms with Gasteiger partial charge in [0.2, 0.25) is 0 Å². The number of nitrogens with two attached hydrogens (primary N) is 1. The van der Waals surface area contributed by atoms with E-state index < -0.39 is 0 Å². The minimum atomic E-state index is -0.133. The van der Waals surface area contributed by atoms with Crippen LogP contribution in [0, 0.1) is 5.92 Å². The number of pyridine rings is 1. The summed E-state index contributed by atoms with van der Waals surface area (Å²) in [7, 11) is 0. The van der Waals surface area contributed by atoms with E-state index in [4.69, 9.17) is 5.73 Å². The van der Waals surface area contributed by atoms with E-state index in [0.29, 0.717) is 11.4 Å². The number of rotatable bonds is 4. The highest BCUT2D eigenvalue weighted by atomic mass is 16.1. The van der Waals surface area contributed by atoms with Crippen molar-refractivity contribution < 1.29 is 4.79 Å². The maximum atomic E-state index is 11.7. The molecule has 4 heteroatoms. The minimum Gasteiger partial charge on any atom is -0.399 e. The van der Waals surface area contributed by atoms with Crippen LogP contribution in [0.1, 0.15) is 36.2 Å². The van der Waals surface area contributed by atoms with Gasteiger partial charge in [-0.2, -0.15) is 0 Å². The summed E-state index contributed by atoms with van der Waals surface area (Å²) in [6.45, 7) is 0.736. The van der Waals surface area contributed by atoms with Gasteiger partial charge in [0.15, 0.2) is 0 Å². The van der Waals surface area contributed by atoms with Crippen LogP contribution in [-0.4, -0.2) is 17.4 Å². The van der Waals surface area contributed by atoms with Crippen LogP contribution in [0.3, 0.4) is 0 Å². The Morgan fingerprint density at radius 3 is 3.00 bits per heavy atom. The summed E-state index contributed by atoms with van der Waals surface area (Å²) >= 11 is 0. The molecule has 0 radical (unpaired) electrons. The molecule has 0 unspecified atom stereocenters. The summed E-state index contributed by atoms with van der Waals surface area (Å²) in [5.41, 5.74) is 6.55. The molecule has 1 saturated carbocycles. The Bertz CT molecular complexity index is 374. The highest BCUT2D eigenvalue weighted by Gasteiger charge is 2.17. The van der Waals surface area contributed by atoms with E-state index in [9.17, 15) is 4.79 Å². The summed E-state index contributed by atoms with van der Waals surface area (Å²) in [6.07, 6.45) is 6.60. The van der Waals surface area contributed by atoms with E-state index in [1.165, 1.54) is 19.3 Å². The zero-order valence-electron chi connectivity index (χ0n) is 9.28. The molecule has 1 aromatic heterocycles. The largest absolute Gasteiger partial charge is 0.399 e. The lowest BCUT2D eigenvalue weighted by Crippen LogP contribution is -2.28. The maximum absolute atomic E-state index is 11.7. The van der Waals surface area contributed by atoms with Crippen LogP contribution in [0.5, 0.6) is 0 Å². The van der Waals surface area contributed by atoms with Crippen LogP contribution in [0.15, 0.2) is 18.3 Å². The predicted octanol–water partition coefficient (Wildman–Crippen LogP) is 1.58. The summed E-state index contributed by atoms with van der Waals surface area (Å²) in [5, 5.41) is 2.87. The van der Waals surface area contributed by atoms with Gasteiger partial charge in [0, 0.05) is 18.4 Å². The highest BCUT2D eigenvalue weighted by Crippen LogP contribution is 2.28. The first kappa shape index (κ1) is 10.9. The van der Waals surface area contributed by atoms with Gasteiger partial charge in [0.05, 0.1) is 0 Å². The van der Waals surface area contributed by atoms with Gasteiger partial charge in [0.1, 0.15) is 5.69 Å². The molecular formula is C12H17N3O. The molecule has 1 aliphatic carbocycles. The lowest BCUT2D eigenvalue weighted by Gasteiger charge is -2.25. The number of nitrogens with one attached hydrogen (secondary N) is 1. The molecule has 86 valence electrons. The fraction of sp³-hybridized carbons (Fsp3) is 0.500. The third-order valence-corrected chi connectivity index (χ3v) is 3.08. The predicted molar refractivity (Wildman–Crippen MR) is 62.9 cm³/mol. The normalized spacial score (nSPS) is 15.5. The average Bonchev–Trinajstić information content (AvgIpc) is 2.21. The molecule has 1 heterocycles. The molecule has 1 aromatic rings. The van der Waals surface area contributed by atoms with Gasteiger partial charge in [-0.1, -0.05) is 19.3 Å². The first-order valence-corrected chi connectivity index (χ1v) is 5.75. The molecule has 0 atom stereocenters.